The molecule has 0 aliphatic carbocycles. The Morgan fingerprint density at radius 2 is 1.96 bits per heavy atom. The third kappa shape index (κ3) is 3.47. The first-order valence-corrected chi connectivity index (χ1v) is 11.9. The number of methoxy groups -OCH3 is 1. The average molecular weight is 396 g/mol. The third-order valence-electron chi connectivity index (χ3n) is 5.64. The second-order valence-corrected chi connectivity index (χ2v) is 13.1. The van der Waals surface area contributed by atoms with E-state index in [4.69, 9.17) is 19.6 Å². The predicted octanol–water partition coefficient (Wildman–Crippen LogP) is 1.70. The summed E-state index contributed by atoms with van der Waals surface area (Å²) in [5.74, 6) is 0.306. The van der Waals surface area contributed by atoms with Crippen molar-refractivity contribution in [3.8, 4) is 0 Å². The average Bonchev–Trinajstić information content (AvgIpc) is 3.15. The molecule has 27 heavy (non-hydrogen) atoms. The quantitative estimate of drug-likeness (QED) is 0.735. The van der Waals surface area contributed by atoms with E-state index < -0.39 is 32.9 Å². The number of rotatable bonds is 5. The Kier molecular flexibility index (Phi) is 5.30. The molecule has 1 aliphatic rings. The number of imidazole rings is 1. The van der Waals surface area contributed by atoms with Crippen molar-refractivity contribution in [1.82, 2.24) is 19.5 Å². The topological polar surface area (TPSA) is 118 Å². The molecule has 10 heteroatoms. The predicted molar refractivity (Wildman–Crippen MR) is 104 cm³/mol. The molecule has 3 heterocycles. The molecule has 0 saturated carbocycles. The van der Waals surface area contributed by atoms with E-state index in [0.29, 0.717) is 17.0 Å². The Bertz CT molecular complexity index is 806. The van der Waals surface area contributed by atoms with Crippen molar-refractivity contribution >= 4 is 25.3 Å². The maximum absolute atomic E-state index is 9.80. The van der Waals surface area contributed by atoms with Crippen LogP contribution in [0.4, 0.5) is 5.82 Å². The molecule has 0 amide bonds. The Balaban J connectivity index is 2.04. The third-order valence-corrected chi connectivity index (χ3v) is 10.1. The minimum absolute atomic E-state index is 0.0107. The lowest BCUT2D eigenvalue weighted by atomic mass is 10.1. The van der Waals surface area contributed by atoms with E-state index in [1.807, 2.05) is 0 Å². The summed E-state index contributed by atoms with van der Waals surface area (Å²) < 4.78 is 20.2. The van der Waals surface area contributed by atoms with Crippen LogP contribution in [0.2, 0.25) is 18.1 Å². The summed E-state index contributed by atoms with van der Waals surface area (Å²) in [4.78, 5) is 12.6. The van der Waals surface area contributed by atoms with Crippen molar-refractivity contribution in [2.24, 2.45) is 0 Å². The number of aromatic nitrogens is 4. The minimum Gasteiger partial charge on any atom is -0.407 e. The molecule has 4 atom stereocenters. The van der Waals surface area contributed by atoms with Crippen molar-refractivity contribution in [3.63, 3.8) is 0 Å². The summed E-state index contributed by atoms with van der Waals surface area (Å²) >= 11 is 0. The molecule has 3 N–H and O–H groups in total. The molecule has 0 spiro atoms. The fraction of sp³-hybridized carbons (Fsp3) is 0.706. The Labute approximate surface area is 160 Å². The Hall–Kier alpha value is -1.59. The number of hydrogen-bond donors (Lipinski definition) is 2. The zero-order chi connectivity index (χ0) is 20.0. The summed E-state index contributed by atoms with van der Waals surface area (Å²) in [6.45, 7) is 10.7. The Morgan fingerprint density at radius 3 is 2.56 bits per heavy atom. The molecule has 1 saturated heterocycles. The molecule has 0 bridgehead atoms. The number of fused-ring (bicyclic) bond motifs is 1. The number of aliphatic hydroxyl groups is 1. The second kappa shape index (κ2) is 7.10. The molecule has 1 fully saturated rings. The van der Waals surface area contributed by atoms with E-state index in [0.717, 1.165) is 0 Å². The minimum atomic E-state index is -2.14. The molecule has 2 aromatic rings. The summed E-state index contributed by atoms with van der Waals surface area (Å²) in [5.41, 5.74) is 6.98. The molecule has 2 aromatic heterocycles. The SMILES string of the molecule is CO[C@H]1[C@@H](O[Si](C)(C)C(C)(C)C)[C@H](n2cnc3c(N)ncnc32)O[C@@H]1CO. The van der Waals surface area contributed by atoms with E-state index in [9.17, 15) is 5.11 Å². The largest absolute Gasteiger partial charge is 0.407 e. The fourth-order valence-electron chi connectivity index (χ4n) is 3.06. The van der Waals surface area contributed by atoms with Gasteiger partial charge in [0.25, 0.3) is 0 Å². The second-order valence-electron chi connectivity index (χ2n) is 8.37. The van der Waals surface area contributed by atoms with Crippen molar-refractivity contribution < 1.29 is 19.0 Å². The number of hydrogen-bond acceptors (Lipinski definition) is 8. The van der Waals surface area contributed by atoms with Crippen molar-refractivity contribution in [1.29, 1.82) is 0 Å². The lowest BCUT2D eigenvalue weighted by Gasteiger charge is -2.40. The number of nitrogen functional groups attached to an aromatic ring is 1. The van der Waals surface area contributed by atoms with Gasteiger partial charge in [-0.15, -0.1) is 0 Å². The zero-order valence-corrected chi connectivity index (χ0v) is 17.7. The van der Waals surface area contributed by atoms with Crippen molar-refractivity contribution in [2.45, 2.75) is 63.4 Å². The van der Waals surface area contributed by atoms with Crippen LogP contribution < -0.4 is 5.73 Å². The van der Waals surface area contributed by atoms with Crippen molar-refractivity contribution in [3.05, 3.63) is 12.7 Å². The van der Waals surface area contributed by atoms with Gasteiger partial charge in [-0.1, -0.05) is 20.8 Å². The first-order chi connectivity index (χ1) is 12.6. The number of anilines is 1. The molecule has 9 nitrogen and oxygen atoms in total. The van der Waals surface area contributed by atoms with Crippen LogP contribution in [0.25, 0.3) is 11.2 Å². The maximum atomic E-state index is 9.80. The van der Waals surface area contributed by atoms with E-state index >= 15 is 0 Å². The van der Waals surface area contributed by atoms with E-state index in [1.165, 1.54) is 6.33 Å². The van der Waals surface area contributed by atoms with Gasteiger partial charge in [0, 0.05) is 7.11 Å². The molecular weight excluding hydrogens is 366 g/mol. The standard InChI is InChI=1S/C17H29N5O4Si/c1-17(2,3)27(5,6)26-13-12(24-4)10(7-23)25-16(13)22-9-21-11-14(18)19-8-20-15(11)22/h8-10,12-13,16,23H,7H2,1-6H3,(H2,18,19,20)/t10-,12-,13-,16-/m1/s1. The first kappa shape index (κ1) is 20.1. The molecule has 0 unspecified atom stereocenters. The van der Waals surface area contributed by atoms with Crippen LogP contribution in [0, 0.1) is 0 Å². The van der Waals surface area contributed by atoms with Gasteiger partial charge in [0.2, 0.25) is 0 Å². The first-order valence-electron chi connectivity index (χ1n) is 9.00. The number of nitrogens with two attached hydrogens (primary N) is 1. The number of aliphatic hydroxyl groups excluding tert-OH is 1. The highest BCUT2D eigenvalue weighted by atomic mass is 28.4. The summed E-state index contributed by atoms with van der Waals surface area (Å²) in [6.07, 6.45) is 1.14. The van der Waals surface area contributed by atoms with Gasteiger partial charge in [-0.3, -0.25) is 4.57 Å². The maximum Gasteiger partial charge on any atom is 0.192 e. The van der Waals surface area contributed by atoms with E-state index in [2.05, 4.69) is 48.8 Å². The van der Waals surface area contributed by atoms with Gasteiger partial charge in [0.05, 0.1) is 12.9 Å². The van der Waals surface area contributed by atoms with Crippen LogP contribution in [-0.4, -0.2) is 65.0 Å². The van der Waals surface area contributed by atoms with Crippen LogP contribution in [0.1, 0.15) is 27.0 Å². The summed E-state index contributed by atoms with van der Waals surface area (Å²) in [6, 6.07) is 0. The van der Waals surface area contributed by atoms with E-state index in [1.54, 1.807) is 18.0 Å². The van der Waals surface area contributed by atoms with Gasteiger partial charge in [0.15, 0.2) is 26.0 Å². The highest BCUT2D eigenvalue weighted by molar-refractivity contribution is 6.74. The zero-order valence-electron chi connectivity index (χ0n) is 16.7. The molecular formula is C17H29N5O4Si. The molecule has 0 aromatic carbocycles. The van der Waals surface area contributed by atoms with Crippen LogP contribution in [0.3, 0.4) is 0 Å². The van der Waals surface area contributed by atoms with Gasteiger partial charge in [-0.2, -0.15) is 0 Å². The van der Waals surface area contributed by atoms with Crippen LogP contribution in [0.5, 0.6) is 0 Å². The van der Waals surface area contributed by atoms with Gasteiger partial charge in [0.1, 0.15) is 30.2 Å². The van der Waals surface area contributed by atoms with Gasteiger partial charge < -0.3 is 24.7 Å². The smallest absolute Gasteiger partial charge is 0.192 e. The van der Waals surface area contributed by atoms with Gasteiger partial charge >= 0.3 is 0 Å². The highest BCUT2D eigenvalue weighted by Crippen LogP contribution is 2.42. The molecule has 0 radical (unpaired) electrons. The molecule has 1 aliphatic heterocycles. The number of ether oxygens (including phenoxy) is 2. The van der Waals surface area contributed by atoms with Crippen LogP contribution in [-0.2, 0) is 13.9 Å². The monoisotopic (exact) mass is 395 g/mol. The van der Waals surface area contributed by atoms with Crippen LogP contribution in [0.15, 0.2) is 12.7 Å². The normalized spacial score (nSPS) is 26.8. The van der Waals surface area contributed by atoms with Gasteiger partial charge in [-0.25, -0.2) is 15.0 Å². The molecule has 3 rings (SSSR count). The molecule has 150 valence electrons. The Morgan fingerprint density at radius 1 is 1.26 bits per heavy atom. The van der Waals surface area contributed by atoms with Gasteiger partial charge in [-0.05, 0) is 18.1 Å². The van der Waals surface area contributed by atoms with Crippen molar-refractivity contribution in [2.75, 3.05) is 19.5 Å². The highest BCUT2D eigenvalue weighted by Gasteiger charge is 2.51. The summed E-state index contributed by atoms with van der Waals surface area (Å²) in [5, 5.41) is 9.81. The van der Waals surface area contributed by atoms with E-state index in [-0.39, 0.29) is 11.6 Å². The summed E-state index contributed by atoms with van der Waals surface area (Å²) in [7, 11) is -0.531. The lowest BCUT2D eigenvalue weighted by Crippen LogP contribution is -2.49. The van der Waals surface area contributed by atoms with Crippen LogP contribution >= 0.6 is 0 Å². The number of nitrogens with zero attached hydrogens (tertiary/aromatic N) is 4. The fourth-order valence-corrected chi connectivity index (χ4v) is 4.35. The lowest BCUT2D eigenvalue weighted by molar-refractivity contribution is -0.0530.